The maximum atomic E-state index is 13.7. The van der Waals surface area contributed by atoms with Crippen molar-refractivity contribution in [2.75, 3.05) is 31.5 Å². The summed E-state index contributed by atoms with van der Waals surface area (Å²) in [6.07, 6.45) is 0. The molecule has 29 heavy (non-hydrogen) atoms. The number of halogens is 2. The van der Waals surface area contributed by atoms with Crippen molar-refractivity contribution < 1.29 is 22.0 Å². The molecule has 1 aliphatic rings. The van der Waals surface area contributed by atoms with Crippen LogP contribution in [-0.4, -0.2) is 55.8 Å². The molecule has 0 radical (unpaired) electrons. The standard InChI is InChI=1S/C20H23F2N3O3S/c1-15(20(26)23-19-17(21)8-5-9-18(19)22)24-10-12-25(13-11-24)29(27,28)14-16-6-3-2-4-7-16/h2-9,15H,10-14H2,1H3,(H,23,26)/t15-/m0/s1. The van der Waals surface area contributed by atoms with Crippen molar-refractivity contribution in [3.63, 3.8) is 0 Å². The van der Waals surface area contributed by atoms with Gasteiger partial charge >= 0.3 is 0 Å². The van der Waals surface area contributed by atoms with E-state index >= 15 is 0 Å². The number of hydrogen-bond donors (Lipinski definition) is 1. The molecule has 1 amide bonds. The normalized spacial score (nSPS) is 17.1. The summed E-state index contributed by atoms with van der Waals surface area (Å²) in [4.78, 5) is 14.2. The lowest BCUT2D eigenvalue weighted by molar-refractivity contribution is -0.121. The van der Waals surface area contributed by atoms with E-state index in [2.05, 4.69) is 5.32 Å². The van der Waals surface area contributed by atoms with Gasteiger partial charge in [-0.15, -0.1) is 0 Å². The van der Waals surface area contributed by atoms with Crippen LogP contribution in [0.15, 0.2) is 48.5 Å². The Labute approximate surface area is 169 Å². The lowest BCUT2D eigenvalue weighted by Gasteiger charge is -2.36. The highest BCUT2D eigenvalue weighted by Gasteiger charge is 2.31. The first-order valence-electron chi connectivity index (χ1n) is 9.28. The molecule has 0 aromatic heterocycles. The fraction of sp³-hybridized carbons (Fsp3) is 0.350. The van der Waals surface area contributed by atoms with Gasteiger partial charge in [0.15, 0.2) is 0 Å². The molecule has 3 rings (SSSR count). The molecule has 1 atom stereocenters. The zero-order valence-electron chi connectivity index (χ0n) is 16.0. The van der Waals surface area contributed by atoms with Crippen molar-refractivity contribution in [2.24, 2.45) is 0 Å². The van der Waals surface area contributed by atoms with E-state index < -0.39 is 39.3 Å². The van der Waals surface area contributed by atoms with Gasteiger partial charge in [-0.2, -0.15) is 4.31 Å². The largest absolute Gasteiger partial charge is 0.320 e. The topological polar surface area (TPSA) is 69.7 Å². The quantitative estimate of drug-likeness (QED) is 0.775. The summed E-state index contributed by atoms with van der Waals surface area (Å²) in [6, 6.07) is 11.6. The molecule has 0 saturated carbocycles. The minimum absolute atomic E-state index is 0.0730. The Bertz CT molecular complexity index is 942. The third-order valence-electron chi connectivity index (χ3n) is 5.00. The second-order valence-electron chi connectivity index (χ2n) is 6.94. The van der Waals surface area contributed by atoms with Gasteiger partial charge in [0.25, 0.3) is 0 Å². The van der Waals surface area contributed by atoms with E-state index in [1.165, 1.54) is 10.4 Å². The average molecular weight is 423 g/mol. The number of para-hydroxylation sites is 1. The van der Waals surface area contributed by atoms with Crippen LogP contribution in [0.5, 0.6) is 0 Å². The summed E-state index contributed by atoms with van der Waals surface area (Å²) in [5, 5.41) is 2.29. The highest BCUT2D eigenvalue weighted by Crippen LogP contribution is 2.20. The van der Waals surface area contributed by atoms with Crippen molar-refractivity contribution >= 4 is 21.6 Å². The van der Waals surface area contributed by atoms with Crippen LogP contribution in [0.3, 0.4) is 0 Å². The summed E-state index contributed by atoms with van der Waals surface area (Å²) in [5.74, 6) is -2.31. The van der Waals surface area contributed by atoms with Gasteiger partial charge in [0.2, 0.25) is 15.9 Å². The van der Waals surface area contributed by atoms with Crippen molar-refractivity contribution in [2.45, 2.75) is 18.7 Å². The summed E-state index contributed by atoms with van der Waals surface area (Å²) < 4.78 is 54.1. The number of amides is 1. The van der Waals surface area contributed by atoms with Crippen molar-refractivity contribution in [3.05, 3.63) is 65.7 Å². The van der Waals surface area contributed by atoms with E-state index in [0.29, 0.717) is 13.1 Å². The van der Waals surface area contributed by atoms with Crippen LogP contribution < -0.4 is 5.32 Å². The predicted molar refractivity (Wildman–Crippen MR) is 107 cm³/mol. The molecular formula is C20H23F2N3O3S. The molecule has 1 heterocycles. The molecular weight excluding hydrogens is 400 g/mol. The molecule has 9 heteroatoms. The van der Waals surface area contributed by atoms with Gasteiger partial charge < -0.3 is 5.32 Å². The third kappa shape index (κ3) is 5.17. The number of anilines is 1. The maximum absolute atomic E-state index is 13.7. The molecule has 2 aromatic rings. The van der Waals surface area contributed by atoms with Crippen molar-refractivity contribution in [3.8, 4) is 0 Å². The van der Waals surface area contributed by atoms with E-state index in [9.17, 15) is 22.0 Å². The Kier molecular flexibility index (Phi) is 6.61. The van der Waals surface area contributed by atoms with E-state index in [-0.39, 0.29) is 18.8 Å². The second kappa shape index (κ2) is 8.98. The first-order valence-corrected chi connectivity index (χ1v) is 10.9. The Balaban J connectivity index is 1.57. The predicted octanol–water partition coefficient (Wildman–Crippen LogP) is 2.44. The highest BCUT2D eigenvalue weighted by atomic mass is 32.2. The van der Waals surface area contributed by atoms with Gasteiger partial charge in [0, 0.05) is 26.2 Å². The zero-order chi connectivity index (χ0) is 21.0. The minimum Gasteiger partial charge on any atom is -0.320 e. The van der Waals surface area contributed by atoms with Crippen LogP contribution in [0.25, 0.3) is 0 Å². The minimum atomic E-state index is -3.46. The summed E-state index contributed by atoms with van der Waals surface area (Å²) >= 11 is 0. The highest BCUT2D eigenvalue weighted by molar-refractivity contribution is 7.88. The third-order valence-corrected chi connectivity index (χ3v) is 6.85. The van der Waals surface area contributed by atoms with Crippen LogP contribution in [-0.2, 0) is 20.6 Å². The average Bonchev–Trinajstić information content (AvgIpc) is 2.70. The molecule has 1 fully saturated rings. The molecule has 0 spiro atoms. The molecule has 156 valence electrons. The Morgan fingerprint density at radius 3 is 2.17 bits per heavy atom. The molecule has 2 aromatic carbocycles. The summed E-state index contributed by atoms with van der Waals surface area (Å²) in [5.41, 5.74) is 0.239. The van der Waals surface area contributed by atoms with Gasteiger partial charge in [0.1, 0.15) is 17.3 Å². The van der Waals surface area contributed by atoms with Crippen LogP contribution in [0.2, 0.25) is 0 Å². The number of piperazine rings is 1. The van der Waals surface area contributed by atoms with E-state index in [0.717, 1.165) is 17.7 Å². The van der Waals surface area contributed by atoms with Crippen molar-refractivity contribution in [1.29, 1.82) is 0 Å². The Morgan fingerprint density at radius 2 is 1.59 bits per heavy atom. The van der Waals surface area contributed by atoms with Crippen LogP contribution in [0, 0.1) is 11.6 Å². The van der Waals surface area contributed by atoms with Crippen LogP contribution >= 0.6 is 0 Å². The number of nitrogens with one attached hydrogen (secondary N) is 1. The maximum Gasteiger partial charge on any atom is 0.241 e. The molecule has 1 N–H and O–H groups in total. The molecule has 0 unspecified atom stereocenters. The van der Waals surface area contributed by atoms with Crippen LogP contribution in [0.4, 0.5) is 14.5 Å². The molecule has 1 saturated heterocycles. The Morgan fingerprint density at radius 1 is 1.00 bits per heavy atom. The lowest BCUT2D eigenvalue weighted by atomic mass is 10.2. The molecule has 0 bridgehead atoms. The lowest BCUT2D eigenvalue weighted by Crippen LogP contribution is -2.54. The number of rotatable bonds is 6. The number of nitrogens with zero attached hydrogens (tertiary/aromatic N) is 2. The summed E-state index contributed by atoms with van der Waals surface area (Å²) in [7, 11) is -3.46. The second-order valence-corrected chi connectivity index (χ2v) is 8.91. The van der Waals surface area contributed by atoms with Crippen molar-refractivity contribution in [1.82, 2.24) is 9.21 Å². The number of carbonyl (C=O) groups is 1. The van der Waals surface area contributed by atoms with E-state index in [1.807, 2.05) is 6.07 Å². The first-order chi connectivity index (χ1) is 13.8. The van der Waals surface area contributed by atoms with E-state index in [4.69, 9.17) is 0 Å². The molecule has 6 nitrogen and oxygen atoms in total. The molecule has 0 aliphatic carbocycles. The molecule has 1 aliphatic heterocycles. The summed E-state index contributed by atoms with van der Waals surface area (Å²) in [6.45, 7) is 2.83. The van der Waals surface area contributed by atoms with Gasteiger partial charge in [-0.25, -0.2) is 17.2 Å². The fourth-order valence-electron chi connectivity index (χ4n) is 3.26. The number of hydrogen-bond acceptors (Lipinski definition) is 4. The number of carbonyl (C=O) groups excluding carboxylic acids is 1. The van der Waals surface area contributed by atoms with Gasteiger partial charge in [-0.05, 0) is 24.6 Å². The Hall–Kier alpha value is -2.36. The smallest absolute Gasteiger partial charge is 0.241 e. The van der Waals surface area contributed by atoms with Gasteiger partial charge in [0.05, 0.1) is 11.8 Å². The number of benzene rings is 2. The zero-order valence-corrected chi connectivity index (χ0v) is 16.8. The van der Waals surface area contributed by atoms with Gasteiger partial charge in [-0.1, -0.05) is 36.4 Å². The fourth-order valence-corrected chi connectivity index (χ4v) is 4.77. The first kappa shape index (κ1) is 21.4. The van der Waals surface area contributed by atoms with Crippen LogP contribution in [0.1, 0.15) is 12.5 Å². The SMILES string of the molecule is C[C@@H](C(=O)Nc1c(F)cccc1F)N1CCN(S(=O)(=O)Cc2ccccc2)CC1. The van der Waals surface area contributed by atoms with E-state index in [1.54, 1.807) is 36.1 Å². The monoisotopic (exact) mass is 423 g/mol. The van der Waals surface area contributed by atoms with Gasteiger partial charge in [-0.3, -0.25) is 9.69 Å². The number of sulfonamides is 1.